The minimum atomic E-state index is -0.621. The number of benzene rings is 4. The van der Waals surface area contributed by atoms with Crippen molar-refractivity contribution in [3.63, 3.8) is 0 Å². The summed E-state index contributed by atoms with van der Waals surface area (Å²) in [5.74, 6) is -1.66. The molecule has 0 saturated heterocycles. The standard InChI is InChI=1S/C31H25ClFN3O3S/c1-20-11-12-24(18-26(20)32)34-29(37)19-40-25-15-13-23(14-16-25)35-31(39)28(17-22-9-5-6-10-27(22)33)36-30(38)21-7-3-2-4-8-21/h2-18H,19H2,1H3,(H,34,37)(H,35,39)(H,36,38)/b28-17-. The summed E-state index contributed by atoms with van der Waals surface area (Å²) in [6.45, 7) is 1.89. The average molecular weight is 574 g/mol. The van der Waals surface area contributed by atoms with Gasteiger partial charge in [-0.3, -0.25) is 14.4 Å². The first kappa shape index (κ1) is 28.6. The van der Waals surface area contributed by atoms with Gasteiger partial charge in [-0.15, -0.1) is 11.8 Å². The van der Waals surface area contributed by atoms with E-state index in [4.69, 9.17) is 11.6 Å². The Morgan fingerprint density at radius 1 is 0.850 bits per heavy atom. The number of thioether (sulfide) groups is 1. The Kier molecular flexibility index (Phi) is 9.72. The van der Waals surface area contributed by atoms with Gasteiger partial charge in [0.25, 0.3) is 11.8 Å². The number of hydrogen-bond acceptors (Lipinski definition) is 4. The third-order valence-corrected chi connectivity index (χ3v) is 7.09. The van der Waals surface area contributed by atoms with E-state index >= 15 is 0 Å². The monoisotopic (exact) mass is 573 g/mol. The van der Waals surface area contributed by atoms with Gasteiger partial charge >= 0.3 is 0 Å². The Balaban J connectivity index is 1.40. The number of nitrogens with one attached hydrogen (secondary N) is 3. The normalized spacial score (nSPS) is 11.0. The third-order valence-electron chi connectivity index (χ3n) is 5.67. The molecule has 6 nitrogen and oxygen atoms in total. The quantitative estimate of drug-likeness (QED) is 0.150. The van der Waals surface area contributed by atoms with Gasteiger partial charge in [0.1, 0.15) is 11.5 Å². The molecular formula is C31H25ClFN3O3S. The minimum Gasteiger partial charge on any atom is -0.325 e. The van der Waals surface area contributed by atoms with Crippen LogP contribution in [0, 0.1) is 12.7 Å². The number of carbonyl (C=O) groups excluding carboxylic acids is 3. The van der Waals surface area contributed by atoms with Gasteiger partial charge in [-0.05, 0) is 73.2 Å². The zero-order valence-corrected chi connectivity index (χ0v) is 23.0. The average Bonchev–Trinajstić information content (AvgIpc) is 2.96. The zero-order valence-electron chi connectivity index (χ0n) is 21.4. The summed E-state index contributed by atoms with van der Waals surface area (Å²) in [5.41, 5.74) is 2.39. The first-order valence-corrected chi connectivity index (χ1v) is 13.6. The molecular weight excluding hydrogens is 549 g/mol. The van der Waals surface area contributed by atoms with Crippen molar-refractivity contribution < 1.29 is 18.8 Å². The maximum atomic E-state index is 14.3. The second kappa shape index (κ2) is 13.6. The van der Waals surface area contributed by atoms with Crippen molar-refractivity contribution in [2.24, 2.45) is 0 Å². The van der Waals surface area contributed by atoms with E-state index in [1.807, 2.05) is 13.0 Å². The van der Waals surface area contributed by atoms with Gasteiger partial charge in [0.05, 0.1) is 5.75 Å². The van der Waals surface area contributed by atoms with Crippen LogP contribution in [0.3, 0.4) is 0 Å². The van der Waals surface area contributed by atoms with Crippen molar-refractivity contribution in [3.05, 3.63) is 130 Å². The molecule has 202 valence electrons. The van der Waals surface area contributed by atoms with Crippen LogP contribution in [-0.4, -0.2) is 23.5 Å². The lowest BCUT2D eigenvalue weighted by Gasteiger charge is -2.12. The third kappa shape index (κ3) is 8.05. The number of anilines is 2. The molecule has 0 atom stereocenters. The number of halogens is 2. The Labute approximate surface area is 240 Å². The van der Waals surface area contributed by atoms with Crippen molar-refractivity contribution in [1.82, 2.24) is 5.32 Å². The van der Waals surface area contributed by atoms with Gasteiger partial charge in [0, 0.05) is 32.4 Å². The minimum absolute atomic E-state index is 0.120. The van der Waals surface area contributed by atoms with Gasteiger partial charge in [0.2, 0.25) is 5.91 Å². The molecule has 40 heavy (non-hydrogen) atoms. The summed E-state index contributed by atoms with van der Waals surface area (Å²) in [5, 5.41) is 8.70. The summed E-state index contributed by atoms with van der Waals surface area (Å²) in [4.78, 5) is 39.0. The van der Waals surface area contributed by atoms with E-state index in [1.165, 1.54) is 36.0 Å². The molecule has 0 saturated carbocycles. The van der Waals surface area contributed by atoms with Gasteiger partial charge in [-0.1, -0.05) is 54.1 Å². The molecule has 0 radical (unpaired) electrons. The van der Waals surface area contributed by atoms with Crippen molar-refractivity contribution in [3.8, 4) is 0 Å². The lowest BCUT2D eigenvalue weighted by atomic mass is 10.1. The maximum Gasteiger partial charge on any atom is 0.272 e. The van der Waals surface area contributed by atoms with E-state index in [9.17, 15) is 18.8 Å². The molecule has 9 heteroatoms. The second-order valence-electron chi connectivity index (χ2n) is 8.68. The van der Waals surface area contributed by atoms with Crippen LogP contribution in [0.5, 0.6) is 0 Å². The van der Waals surface area contributed by atoms with Crippen LogP contribution in [0.25, 0.3) is 6.08 Å². The highest BCUT2D eigenvalue weighted by Crippen LogP contribution is 2.23. The molecule has 0 aromatic heterocycles. The van der Waals surface area contributed by atoms with E-state index in [-0.39, 0.29) is 22.9 Å². The van der Waals surface area contributed by atoms with Gasteiger partial charge in [-0.25, -0.2) is 4.39 Å². The molecule has 0 fully saturated rings. The molecule has 0 unspecified atom stereocenters. The summed E-state index contributed by atoms with van der Waals surface area (Å²) in [6.07, 6.45) is 1.29. The molecule has 0 bridgehead atoms. The fourth-order valence-corrected chi connectivity index (χ4v) is 4.42. The highest BCUT2D eigenvalue weighted by Gasteiger charge is 2.16. The number of aryl methyl sites for hydroxylation is 1. The van der Waals surface area contributed by atoms with Crippen LogP contribution in [0.2, 0.25) is 5.02 Å². The molecule has 4 rings (SSSR count). The largest absolute Gasteiger partial charge is 0.325 e. The molecule has 0 aliphatic rings. The molecule has 0 spiro atoms. The maximum absolute atomic E-state index is 14.3. The lowest BCUT2D eigenvalue weighted by molar-refractivity contribution is -0.114. The Morgan fingerprint density at radius 3 is 2.23 bits per heavy atom. The Morgan fingerprint density at radius 2 is 1.52 bits per heavy atom. The lowest BCUT2D eigenvalue weighted by Crippen LogP contribution is -2.30. The van der Waals surface area contributed by atoms with E-state index in [2.05, 4.69) is 16.0 Å². The van der Waals surface area contributed by atoms with Gasteiger partial charge in [0.15, 0.2) is 0 Å². The molecule has 0 aliphatic carbocycles. The topological polar surface area (TPSA) is 87.3 Å². The molecule has 3 amide bonds. The number of hydrogen-bond donors (Lipinski definition) is 3. The first-order valence-electron chi connectivity index (χ1n) is 12.2. The van der Waals surface area contributed by atoms with Crippen LogP contribution < -0.4 is 16.0 Å². The van der Waals surface area contributed by atoms with Crippen molar-refractivity contribution >= 4 is 58.5 Å². The van der Waals surface area contributed by atoms with Gasteiger partial charge < -0.3 is 16.0 Å². The zero-order chi connectivity index (χ0) is 28.5. The first-order chi connectivity index (χ1) is 19.3. The number of amides is 3. The summed E-state index contributed by atoms with van der Waals surface area (Å²) in [6, 6.07) is 26.6. The number of carbonyl (C=O) groups is 3. The van der Waals surface area contributed by atoms with Crippen LogP contribution >= 0.6 is 23.4 Å². The summed E-state index contributed by atoms with van der Waals surface area (Å²) < 4.78 is 14.3. The van der Waals surface area contributed by atoms with Crippen molar-refractivity contribution in [2.45, 2.75) is 11.8 Å². The molecule has 0 aliphatic heterocycles. The molecule has 0 heterocycles. The van der Waals surface area contributed by atoms with E-state index in [0.29, 0.717) is 22.0 Å². The Bertz CT molecular complexity index is 1560. The number of rotatable bonds is 9. The van der Waals surface area contributed by atoms with Crippen LogP contribution in [0.1, 0.15) is 21.5 Å². The van der Waals surface area contributed by atoms with Crippen LogP contribution in [0.15, 0.2) is 108 Å². The molecule has 4 aromatic carbocycles. The van der Waals surface area contributed by atoms with E-state index < -0.39 is 17.6 Å². The Hall–Kier alpha value is -4.40. The molecule has 4 aromatic rings. The highest BCUT2D eigenvalue weighted by atomic mass is 35.5. The SMILES string of the molecule is Cc1ccc(NC(=O)CSc2ccc(NC(=O)/C(=C/c3ccccc3F)NC(=O)c3ccccc3)cc2)cc1Cl. The smallest absolute Gasteiger partial charge is 0.272 e. The molecule has 3 N–H and O–H groups in total. The fourth-order valence-electron chi connectivity index (χ4n) is 3.54. The van der Waals surface area contributed by atoms with E-state index in [1.54, 1.807) is 72.8 Å². The predicted molar refractivity (Wildman–Crippen MR) is 159 cm³/mol. The summed E-state index contributed by atoms with van der Waals surface area (Å²) >= 11 is 7.44. The fraction of sp³-hybridized carbons (Fsp3) is 0.0645. The second-order valence-corrected chi connectivity index (χ2v) is 10.1. The van der Waals surface area contributed by atoms with Crippen LogP contribution in [-0.2, 0) is 9.59 Å². The van der Waals surface area contributed by atoms with Crippen molar-refractivity contribution in [1.29, 1.82) is 0 Å². The van der Waals surface area contributed by atoms with Crippen molar-refractivity contribution in [2.75, 3.05) is 16.4 Å². The van der Waals surface area contributed by atoms with Crippen LogP contribution in [0.4, 0.5) is 15.8 Å². The highest BCUT2D eigenvalue weighted by molar-refractivity contribution is 8.00. The van der Waals surface area contributed by atoms with Gasteiger partial charge in [-0.2, -0.15) is 0 Å². The van der Waals surface area contributed by atoms with E-state index in [0.717, 1.165) is 10.5 Å². The predicted octanol–water partition coefficient (Wildman–Crippen LogP) is 6.93. The summed E-state index contributed by atoms with van der Waals surface area (Å²) in [7, 11) is 0.